The van der Waals surface area contributed by atoms with Gasteiger partial charge in [-0.3, -0.25) is 0 Å². The Hall–Kier alpha value is -4.52. The second-order valence-corrected chi connectivity index (χ2v) is 11.6. The van der Waals surface area contributed by atoms with E-state index in [0.29, 0.717) is 6.42 Å². The molecule has 0 saturated carbocycles. The van der Waals surface area contributed by atoms with Crippen LogP contribution in [0.2, 0.25) is 0 Å². The maximum Gasteiger partial charge on any atom is 0.115 e. The molecule has 0 radical (unpaired) electrons. The molecule has 6 nitrogen and oxygen atoms in total. The smallest absolute Gasteiger partial charge is 0.115 e. The predicted octanol–water partition coefficient (Wildman–Crippen LogP) is 7.86. The monoisotopic (exact) mass is 560 g/mol. The molecule has 4 aromatic rings. The standard InChI is InChI=1S/C36H32O6/c1-21-32(22-2-10-26(37)11-3-22)42-35(25-8-16-29(40)17-9-25)36(21)19-18-30-31(20-36)34(24-6-14-28(39)15-7-24)41-33(30)23-4-12-27(38)13-5-23/h2-17,32-35,37-40H,1,18-20H2/t32-,33+,34-,35-,36+/m0/s1. The van der Waals surface area contributed by atoms with E-state index in [1.807, 2.05) is 48.5 Å². The van der Waals surface area contributed by atoms with Gasteiger partial charge in [0.2, 0.25) is 0 Å². The minimum absolute atomic E-state index is 0.194. The molecule has 42 heavy (non-hydrogen) atoms. The zero-order chi connectivity index (χ0) is 29.0. The van der Waals surface area contributed by atoms with Crippen LogP contribution in [-0.2, 0) is 9.47 Å². The molecule has 2 heterocycles. The van der Waals surface area contributed by atoms with Crippen molar-refractivity contribution >= 4 is 0 Å². The lowest BCUT2D eigenvalue weighted by Crippen LogP contribution is -2.31. The molecule has 2 aliphatic heterocycles. The van der Waals surface area contributed by atoms with Crippen molar-refractivity contribution in [1.82, 2.24) is 0 Å². The molecule has 4 N–H and O–H groups in total. The van der Waals surface area contributed by atoms with Crippen LogP contribution in [0.4, 0.5) is 0 Å². The molecule has 0 unspecified atom stereocenters. The summed E-state index contributed by atoms with van der Waals surface area (Å²) >= 11 is 0. The van der Waals surface area contributed by atoms with Crippen LogP contribution in [0.3, 0.4) is 0 Å². The number of aromatic hydroxyl groups is 4. The van der Waals surface area contributed by atoms with Gasteiger partial charge in [0, 0.05) is 5.41 Å². The van der Waals surface area contributed by atoms with Gasteiger partial charge in [0.05, 0.1) is 6.10 Å². The van der Waals surface area contributed by atoms with E-state index < -0.39 is 5.41 Å². The van der Waals surface area contributed by atoms with Crippen molar-refractivity contribution in [1.29, 1.82) is 0 Å². The highest BCUT2D eigenvalue weighted by atomic mass is 16.5. The zero-order valence-electron chi connectivity index (χ0n) is 23.0. The summed E-state index contributed by atoms with van der Waals surface area (Å²) in [7, 11) is 0. The summed E-state index contributed by atoms with van der Waals surface area (Å²) in [5.74, 6) is 0.796. The molecule has 1 spiro atoms. The first-order valence-electron chi connectivity index (χ1n) is 14.2. The summed E-state index contributed by atoms with van der Waals surface area (Å²) < 4.78 is 13.7. The van der Waals surface area contributed by atoms with Crippen molar-refractivity contribution < 1.29 is 29.9 Å². The van der Waals surface area contributed by atoms with Gasteiger partial charge < -0.3 is 29.9 Å². The Kier molecular flexibility index (Phi) is 6.34. The van der Waals surface area contributed by atoms with Crippen LogP contribution in [0.15, 0.2) is 120 Å². The van der Waals surface area contributed by atoms with E-state index in [9.17, 15) is 20.4 Å². The number of hydrogen-bond acceptors (Lipinski definition) is 6. The Morgan fingerprint density at radius 1 is 0.524 bits per heavy atom. The largest absolute Gasteiger partial charge is 0.508 e. The van der Waals surface area contributed by atoms with Crippen LogP contribution in [0, 0.1) is 5.41 Å². The number of rotatable bonds is 4. The van der Waals surface area contributed by atoms with E-state index in [2.05, 4.69) is 6.58 Å². The van der Waals surface area contributed by atoms with Crippen molar-refractivity contribution in [3.8, 4) is 23.0 Å². The molecular weight excluding hydrogens is 528 g/mol. The van der Waals surface area contributed by atoms with Gasteiger partial charge in [0.25, 0.3) is 0 Å². The zero-order valence-corrected chi connectivity index (χ0v) is 23.0. The number of hydrogen-bond donors (Lipinski definition) is 4. The number of phenols is 4. The molecule has 1 aliphatic carbocycles. The van der Waals surface area contributed by atoms with Crippen molar-refractivity contribution in [2.24, 2.45) is 5.41 Å². The van der Waals surface area contributed by atoms with E-state index in [1.54, 1.807) is 48.5 Å². The molecule has 7 rings (SSSR count). The molecule has 3 aliphatic rings. The van der Waals surface area contributed by atoms with Crippen molar-refractivity contribution in [2.75, 3.05) is 0 Å². The summed E-state index contributed by atoms with van der Waals surface area (Å²) in [6.07, 6.45) is 0.978. The summed E-state index contributed by atoms with van der Waals surface area (Å²) in [6, 6.07) is 28.7. The van der Waals surface area contributed by atoms with Crippen LogP contribution >= 0.6 is 0 Å². The Bertz CT molecular complexity index is 1650. The predicted molar refractivity (Wildman–Crippen MR) is 158 cm³/mol. The second-order valence-electron chi connectivity index (χ2n) is 11.6. The molecule has 0 aromatic heterocycles. The van der Waals surface area contributed by atoms with Crippen LogP contribution in [0.1, 0.15) is 65.9 Å². The third kappa shape index (κ3) is 4.35. The van der Waals surface area contributed by atoms with Crippen LogP contribution in [0.25, 0.3) is 0 Å². The van der Waals surface area contributed by atoms with Gasteiger partial charge in [-0.25, -0.2) is 0 Å². The van der Waals surface area contributed by atoms with Gasteiger partial charge in [-0.05, 0) is 107 Å². The normalized spacial score (nSPS) is 27.0. The minimum atomic E-state index is -0.444. The fourth-order valence-corrected chi connectivity index (χ4v) is 7.03. The van der Waals surface area contributed by atoms with Crippen molar-refractivity contribution in [3.05, 3.63) is 143 Å². The topological polar surface area (TPSA) is 99.4 Å². The highest BCUT2D eigenvalue weighted by molar-refractivity contribution is 5.48. The Morgan fingerprint density at radius 2 is 0.929 bits per heavy atom. The van der Waals surface area contributed by atoms with Gasteiger partial charge >= 0.3 is 0 Å². The van der Waals surface area contributed by atoms with E-state index in [0.717, 1.165) is 40.7 Å². The van der Waals surface area contributed by atoms with Gasteiger partial charge in [-0.2, -0.15) is 0 Å². The highest BCUT2D eigenvalue weighted by Crippen LogP contribution is 2.66. The molecule has 1 saturated heterocycles. The number of phenolic OH excluding ortho intramolecular Hbond substituents is 4. The lowest BCUT2D eigenvalue weighted by atomic mass is 9.62. The van der Waals surface area contributed by atoms with Crippen LogP contribution in [-0.4, -0.2) is 20.4 Å². The maximum atomic E-state index is 10.0. The van der Waals surface area contributed by atoms with Crippen LogP contribution in [0.5, 0.6) is 23.0 Å². The van der Waals surface area contributed by atoms with Gasteiger partial charge in [0.15, 0.2) is 0 Å². The maximum absolute atomic E-state index is 10.0. The molecule has 0 amide bonds. The second kappa shape index (κ2) is 10.1. The Labute approximate surface area is 244 Å². The highest BCUT2D eigenvalue weighted by Gasteiger charge is 2.56. The Balaban J connectivity index is 1.34. The summed E-state index contributed by atoms with van der Waals surface area (Å²) in [5, 5.41) is 39.8. The van der Waals surface area contributed by atoms with E-state index >= 15 is 0 Å². The first-order chi connectivity index (χ1) is 20.3. The van der Waals surface area contributed by atoms with Gasteiger partial charge in [0.1, 0.15) is 41.3 Å². The third-order valence-electron chi connectivity index (χ3n) is 9.18. The van der Waals surface area contributed by atoms with Crippen molar-refractivity contribution in [2.45, 2.75) is 43.7 Å². The summed E-state index contributed by atoms with van der Waals surface area (Å²) in [6.45, 7) is 4.65. The number of ether oxygens (including phenoxy) is 2. The van der Waals surface area contributed by atoms with Gasteiger partial charge in [-0.1, -0.05) is 55.1 Å². The third-order valence-corrected chi connectivity index (χ3v) is 9.18. The quantitative estimate of drug-likeness (QED) is 0.190. The molecule has 1 fully saturated rings. The summed E-state index contributed by atoms with van der Waals surface area (Å²) in [5.41, 5.74) is 6.79. The first-order valence-corrected chi connectivity index (χ1v) is 14.2. The molecule has 5 atom stereocenters. The fraction of sp³-hybridized carbons (Fsp3) is 0.222. The first kappa shape index (κ1) is 26.4. The summed E-state index contributed by atoms with van der Waals surface area (Å²) in [4.78, 5) is 0. The van der Waals surface area contributed by atoms with E-state index in [1.165, 1.54) is 11.1 Å². The molecule has 212 valence electrons. The molecule has 4 aromatic carbocycles. The lowest BCUT2D eigenvalue weighted by Gasteiger charge is -2.40. The van der Waals surface area contributed by atoms with E-state index in [-0.39, 0.29) is 47.4 Å². The Morgan fingerprint density at radius 3 is 1.40 bits per heavy atom. The van der Waals surface area contributed by atoms with E-state index in [4.69, 9.17) is 9.47 Å². The number of benzene rings is 4. The minimum Gasteiger partial charge on any atom is -0.508 e. The molecule has 6 heteroatoms. The fourth-order valence-electron chi connectivity index (χ4n) is 7.03. The van der Waals surface area contributed by atoms with Crippen LogP contribution < -0.4 is 0 Å². The molecular formula is C36H32O6. The lowest BCUT2D eigenvalue weighted by molar-refractivity contribution is 0.00331. The average molecular weight is 561 g/mol. The average Bonchev–Trinajstić information content (AvgIpc) is 3.50. The SMILES string of the molecule is C=C1[C@@H](c2ccc(O)cc2)O[C@@H](c2ccc(O)cc2)[C@@]12CCC1=C(C2)[C@H](c2ccc(O)cc2)O[C@@H]1c1ccc(O)cc1. The molecule has 0 bridgehead atoms. The van der Waals surface area contributed by atoms with Gasteiger partial charge in [-0.15, -0.1) is 0 Å². The van der Waals surface area contributed by atoms with Crippen molar-refractivity contribution in [3.63, 3.8) is 0 Å².